The molecule has 24 heavy (non-hydrogen) atoms. The van der Waals surface area contributed by atoms with Gasteiger partial charge in [0, 0.05) is 24.3 Å². The number of non-ortho nitro benzene ring substituents is 2. The van der Waals surface area contributed by atoms with Crippen LogP contribution < -0.4 is 0 Å². The van der Waals surface area contributed by atoms with Gasteiger partial charge in [0.15, 0.2) is 0 Å². The molecule has 0 aromatic heterocycles. The van der Waals surface area contributed by atoms with Crippen molar-refractivity contribution in [3.8, 4) is 0 Å². The van der Waals surface area contributed by atoms with Crippen molar-refractivity contribution in [2.75, 3.05) is 0 Å². The molecule has 0 saturated carbocycles. The monoisotopic (exact) mass is 352 g/mol. The molecule has 0 radical (unpaired) electrons. The third-order valence-electron chi connectivity index (χ3n) is 2.98. The van der Waals surface area contributed by atoms with E-state index < -0.39 is 18.4 Å². The summed E-state index contributed by atoms with van der Waals surface area (Å²) in [5.74, 6) is 0. The lowest BCUT2D eigenvalue weighted by molar-refractivity contribution is -0.385. The van der Waals surface area contributed by atoms with Crippen molar-refractivity contribution < 1.29 is 23.8 Å². The van der Waals surface area contributed by atoms with E-state index in [1.807, 2.05) is 0 Å². The zero-order valence-corrected chi connectivity index (χ0v) is 13.2. The Labute approximate surface area is 137 Å². The van der Waals surface area contributed by atoms with Crippen LogP contribution in [0.4, 0.5) is 11.4 Å². The number of nitro benzene ring substituents is 2. The zero-order chi connectivity index (χ0) is 17.5. The van der Waals surface area contributed by atoms with Crippen LogP contribution in [-0.2, 0) is 22.3 Å². The Kier molecular flexibility index (Phi) is 6.28. The van der Waals surface area contributed by atoms with Gasteiger partial charge < -0.3 is 13.9 Å². The summed E-state index contributed by atoms with van der Waals surface area (Å²) in [4.78, 5) is 29.7. The SMILES string of the molecule is O=[N+]([O-])c1ccc(COP(O)OCc2ccc([N+](=O)[O-])cc2)cc1. The van der Waals surface area contributed by atoms with Crippen molar-refractivity contribution in [3.05, 3.63) is 79.9 Å². The summed E-state index contributed by atoms with van der Waals surface area (Å²) >= 11 is 0. The maximum Gasteiger partial charge on any atom is 0.330 e. The van der Waals surface area contributed by atoms with E-state index in [9.17, 15) is 25.1 Å². The van der Waals surface area contributed by atoms with Crippen LogP contribution in [0, 0.1) is 20.2 Å². The predicted molar refractivity (Wildman–Crippen MR) is 84.9 cm³/mol. The molecular formula is C14H13N2O7P. The van der Waals surface area contributed by atoms with Gasteiger partial charge in [0.25, 0.3) is 11.4 Å². The Balaban J connectivity index is 1.77. The normalized spacial score (nSPS) is 10.8. The maximum absolute atomic E-state index is 10.5. The minimum Gasteiger partial charge on any atom is -0.328 e. The van der Waals surface area contributed by atoms with Gasteiger partial charge in [-0.25, -0.2) is 0 Å². The molecule has 2 aromatic rings. The Morgan fingerprint density at radius 3 is 1.42 bits per heavy atom. The van der Waals surface area contributed by atoms with Crippen LogP contribution in [0.3, 0.4) is 0 Å². The molecule has 0 spiro atoms. The molecule has 0 atom stereocenters. The van der Waals surface area contributed by atoms with E-state index in [-0.39, 0.29) is 24.6 Å². The topological polar surface area (TPSA) is 125 Å². The number of hydrogen-bond acceptors (Lipinski definition) is 7. The number of benzene rings is 2. The molecule has 0 aliphatic heterocycles. The average molecular weight is 352 g/mol. The first-order chi connectivity index (χ1) is 11.5. The van der Waals surface area contributed by atoms with Crippen LogP contribution in [0.2, 0.25) is 0 Å². The fourth-order valence-electron chi connectivity index (χ4n) is 1.72. The minimum absolute atomic E-state index is 0.0283. The van der Waals surface area contributed by atoms with E-state index in [4.69, 9.17) is 9.05 Å². The second kappa shape index (κ2) is 8.42. The highest BCUT2D eigenvalue weighted by atomic mass is 31.2. The van der Waals surface area contributed by atoms with E-state index in [0.29, 0.717) is 11.1 Å². The van der Waals surface area contributed by atoms with E-state index in [1.165, 1.54) is 48.5 Å². The van der Waals surface area contributed by atoms with Crippen LogP contribution in [-0.4, -0.2) is 14.7 Å². The summed E-state index contributed by atoms with van der Waals surface area (Å²) in [7, 11) is -2.14. The van der Waals surface area contributed by atoms with Gasteiger partial charge in [-0.3, -0.25) is 20.2 Å². The van der Waals surface area contributed by atoms with Crippen molar-refractivity contribution in [2.45, 2.75) is 13.2 Å². The third kappa shape index (κ3) is 5.32. The number of nitro groups is 2. The fourth-order valence-corrected chi connectivity index (χ4v) is 2.32. The van der Waals surface area contributed by atoms with Crippen LogP contribution >= 0.6 is 8.60 Å². The second-order valence-electron chi connectivity index (χ2n) is 4.63. The number of hydrogen-bond donors (Lipinski definition) is 1. The summed E-state index contributed by atoms with van der Waals surface area (Å²) in [5, 5.41) is 21.1. The first-order valence-electron chi connectivity index (χ1n) is 6.67. The highest BCUT2D eigenvalue weighted by Crippen LogP contribution is 2.35. The van der Waals surface area contributed by atoms with Crippen molar-refractivity contribution in [1.82, 2.24) is 0 Å². The summed E-state index contributed by atoms with van der Waals surface area (Å²) in [5.41, 5.74) is 1.25. The van der Waals surface area contributed by atoms with Crippen LogP contribution in [0.5, 0.6) is 0 Å². The molecule has 0 bridgehead atoms. The molecule has 2 rings (SSSR count). The van der Waals surface area contributed by atoms with Gasteiger partial charge in [-0.2, -0.15) is 0 Å². The van der Waals surface area contributed by atoms with E-state index in [0.717, 1.165) is 0 Å². The molecule has 10 heteroatoms. The lowest BCUT2D eigenvalue weighted by atomic mass is 10.2. The number of nitrogens with zero attached hydrogens (tertiary/aromatic N) is 2. The molecule has 9 nitrogen and oxygen atoms in total. The molecule has 0 aliphatic rings. The van der Waals surface area contributed by atoms with Crippen molar-refractivity contribution in [3.63, 3.8) is 0 Å². The highest BCUT2D eigenvalue weighted by Gasteiger charge is 2.10. The summed E-state index contributed by atoms with van der Waals surface area (Å²) in [6, 6.07) is 11.5. The molecule has 126 valence electrons. The molecule has 0 aliphatic carbocycles. The standard InChI is InChI=1S/C14H13N2O7P/c17-15(18)13-5-1-11(2-6-13)9-22-24(21)23-10-12-3-7-14(8-4-12)16(19)20/h1-8,21H,9-10H2. The largest absolute Gasteiger partial charge is 0.330 e. The van der Waals surface area contributed by atoms with E-state index >= 15 is 0 Å². The lowest BCUT2D eigenvalue weighted by Crippen LogP contribution is -1.94. The second-order valence-corrected chi connectivity index (χ2v) is 5.62. The van der Waals surface area contributed by atoms with Crippen molar-refractivity contribution >= 4 is 20.0 Å². The minimum atomic E-state index is -2.14. The first kappa shape index (κ1) is 17.9. The quantitative estimate of drug-likeness (QED) is 0.438. The molecule has 0 fully saturated rings. The van der Waals surface area contributed by atoms with Gasteiger partial charge in [0.05, 0.1) is 23.1 Å². The third-order valence-corrected chi connectivity index (χ3v) is 3.68. The van der Waals surface area contributed by atoms with E-state index in [1.54, 1.807) is 0 Å². The van der Waals surface area contributed by atoms with Gasteiger partial charge in [-0.1, -0.05) is 0 Å². The summed E-state index contributed by atoms with van der Waals surface area (Å²) in [6.07, 6.45) is 0. The Bertz CT molecular complexity index is 645. The predicted octanol–water partition coefficient (Wildman–Crippen LogP) is 3.46. The lowest BCUT2D eigenvalue weighted by Gasteiger charge is -2.10. The van der Waals surface area contributed by atoms with Crippen LogP contribution in [0.15, 0.2) is 48.5 Å². The summed E-state index contributed by atoms with van der Waals surface area (Å²) in [6.45, 7) is 0.0842. The molecule has 1 N–H and O–H groups in total. The molecule has 0 amide bonds. The number of rotatable bonds is 8. The zero-order valence-electron chi connectivity index (χ0n) is 12.3. The van der Waals surface area contributed by atoms with Crippen molar-refractivity contribution in [1.29, 1.82) is 0 Å². The van der Waals surface area contributed by atoms with E-state index in [2.05, 4.69) is 0 Å². The summed E-state index contributed by atoms with van der Waals surface area (Å²) < 4.78 is 10.3. The Hall–Kier alpha value is -2.45. The molecule has 0 heterocycles. The average Bonchev–Trinajstić information content (AvgIpc) is 2.58. The van der Waals surface area contributed by atoms with Crippen LogP contribution in [0.1, 0.15) is 11.1 Å². The molecule has 2 aromatic carbocycles. The van der Waals surface area contributed by atoms with Gasteiger partial charge in [0.2, 0.25) is 0 Å². The smallest absolute Gasteiger partial charge is 0.328 e. The van der Waals surface area contributed by atoms with Gasteiger partial charge in [-0.15, -0.1) is 0 Å². The molecular weight excluding hydrogens is 339 g/mol. The fraction of sp³-hybridized carbons (Fsp3) is 0.143. The van der Waals surface area contributed by atoms with Crippen molar-refractivity contribution in [2.24, 2.45) is 0 Å². The van der Waals surface area contributed by atoms with Gasteiger partial charge in [-0.05, 0) is 35.4 Å². The van der Waals surface area contributed by atoms with Crippen LogP contribution in [0.25, 0.3) is 0 Å². The molecule has 0 saturated heterocycles. The van der Waals surface area contributed by atoms with Gasteiger partial charge >= 0.3 is 8.60 Å². The Morgan fingerprint density at radius 2 is 1.12 bits per heavy atom. The molecule has 0 unspecified atom stereocenters. The highest BCUT2D eigenvalue weighted by molar-refractivity contribution is 7.40. The first-order valence-corrected chi connectivity index (χ1v) is 7.80. The van der Waals surface area contributed by atoms with Gasteiger partial charge in [0.1, 0.15) is 0 Å². The Morgan fingerprint density at radius 1 is 0.792 bits per heavy atom. The maximum atomic E-state index is 10.5.